The Morgan fingerprint density at radius 3 is 2.91 bits per heavy atom. The van der Waals surface area contributed by atoms with Crippen LogP contribution < -0.4 is 4.74 Å². The largest absolute Gasteiger partial charge is 0.482 e. The summed E-state index contributed by atoms with van der Waals surface area (Å²) in [7, 11) is 0. The molecule has 8 heteroatoms. The molecule has 0 spiro atoms. The van der Waals surface area contributed by atoms with Gasteiger partial charge in [-0.3, -0.25) is 9.69 Å². The number of nitrogens with zero attached hydrogens (tertiary/aromatic N) is 1. The van der Waals surface area contributed by atoms with Crippen LogP contribution in [0.1, 0.15) is 5.56 Å². The van der Waals surface area contributed by atoms with Gasteiger partial charge < -0.3 is 14.9 Å². The number of aliphatic hydroxyl groups excluding tert-OH is 1. The Hall–Kier alpha value is -1.90. The molecule has 1 aliphatic heterocycles. The van der Waals surface area contributed by atoms with Crippen LogP contribution in [-0.4, -0.2) is 51.1 Å². The van der Waals surface area contributed by atoms with Gasteiger partial charge in [0.1, 0.15) is 10.1 Å². The molecule has 1 aromatic rings. The first-order valence-corrected chi connectivity index (χ1v) is 7.54. The lowest BCUT2D eigenvalue weighted by atomic mass is 10.2. The molecule has 0 aliphatic carbocycles. The maximum absolute atomic E-state index is 12.1. The first kappa shape index (κ1) is 16.5. The quantitative estimate of drug-likeness (QED) is 0.597. The predicted octanol–water partition coefficient (Wildman–Crippen LogP) is 1.34. The summed E-state index contributed by atoms with van der Waals surface area (Å²) in [5.74, 6) is -0.904. The highest BCUT2D eigenvalue weighted by Gasteiger charge is 2.31. The zero-order chi connectivity index (χ0) is 16.1. The molecule has 0 atom stereocenters. The van der Waals surface area contributed by atoms with E-state index in [0.29, 0.717) is 20.5 Å². The van der Waals surface area contributed by atoms with E-state index in [4.69, 9.17) is 27.2 Å². The smallest absolute Gasteiger partial charge is 0.341 e. The minimum atomic E-state index is -1.06. The number of carboxylic acid groups (broad SMARTS) is 1. The van der Waals surface area contributed by atoms with Crippen molar-refractivity contribution in [3.05, 3.63) is 34.7 Å². The van der Waals surface area contributed by atoms with Gasteiger partial charge in [0.2, 0.25) is 0 Å². The third-order valence-corrected chi connectivity index (χ3v) is 4.09. The van der Waals surface area contributed by atoms with Crippen LogP contribution >= 0.6 is 24.0 Å². The fraction of sp³-hybridized carbons (Fsp3) is 0.214. The zero-order valence-electron chi connectivity index (χ0n) is 11.4. The molecule has 0 saturated carbocycles. The van der Waals surface area contributed by atoms with Gasteiger partial charge in [0.25, 0.3) is 5.91 Å². The number of β-amino-alcohol motifs (C(OH)–C–C–N with tert-alkyl or cyclic N) is 1. The van der Waals surface area contributed by atoms with Crippen molar-refractivity contribution in [2.45, 2.75) is 0 Å². The number of aliphatic carboxylic acids is 1. The highest BCUT2D eigenvalue weighted by Crippen LogP contribution is 2.32. The summed E-state index contributed by atoms with van der Waals surface area (Å²) < 4.78 is 5.50. The van der Waals surface area contributed by atoms with Crippen molar-refractivity contribution >= 4 is 46.3 Å². The Labute approximate surface area is 136 Å². The number of hydrogen-bond donors (Lipinski definition) is 2. The Bertz CT molecular complexity index is 644. The molecule has 1 saturated heterocycles. The number of thiocarbonyl (C=S) groups is 1. The number of ether oxygens (including phenoxy) is 1. The van der Waals surface area contributed by atoms with E-state index in [-0.39, 0.29) is 19.1 Å². The number of carboxylic acids is 1. The topological polar surface area (TPSA) is 87.1 Å². The average Bonchev–Trinajstić information content (AvgIpc) is 2.74. The van der Waals surface area contributed by atoms with Gasteiger partial charge in [-0.2, -0.15) is 0 Å². The van der Waals surface area contributed by atoms with Crippen LogP contribution in [-0.2, 0) is 9.59 Å². The fourth-order valence-corrected chi connectivity index (χ4v) is 3.09. The van der Waals surface area contributed by atoms with E-state index in [0.717, 1.165) is 11.8 Å². The van der Waals surface area contributed by atoms with Crippen molar-refractivity contribution in [3.63, 3.8) is 0 Å². The maximum Gasteiger partial charge on any atom is 0.341 e. The minimum absolute atomic E-state index is 0.155. The summed E-state index contributed by atoms with van der Waals surface area (Å²) in [5.41, 5.74) is 0.701. The second-order valence-electron chi connectivity index (χ2n) is 4.31. The van der Waals surface area contributed by atoms with Crippen molar-refractivity contribution < 1.29 is 24.5 Å². The summed E-state index contributed by atoms with van der Waals surface area (Å²) in [6.45, 7) is -0.413. The van der Waals surface area contributed by atoms with Gasteiger partial charge in [-0.1, -0.05) is 36.1 Å². The summed E-state index contributed by atoms with van der Waals surface area (Å²) >= 11 is 6.26. The molecule has 2 N–H and O–H groups in total. The van der Waals surface area contributed by atoms with Crippen LogP contribution in [0.15, 0.2) is 29.2 Å². The normalized spacial score (nSPS) is 16.4. The molecule has 6 nitrogen and oxygen atoms in total. The second kappa shape index (κ2) is 7.39. The molecule has 2 rings (SSSR count). The van der Waals surface area contributed by atoms with Crippen LogP contribution in [0.4, 0.5) is 0 Å². The molecule has 1 heterocycles. The number of rotatable bonds is 6. The number of thioether (sulfide) groups is 1. The third kappa shape index (κ3) is 4.06. The molecular formula is C14H13NO5S2. The zero-order valence-corrected chi connectivity index (χ0v) is 13.0. The van der Waals surface area contributed by atoms with E-state index < -0.39 is 12.6 Å². The lowest BCUT2D eigenvalue weighted by Gasteiger charge is -2.11. The van der Waals surface area contributed by atoms with Crippen molar-refractivity contribution in [3.8, 4) is 5.75 Å². The van der Waals surface area contributed by atoms with Crippen molar-refractivity contribution in [2.75, 3.05) is 19.8 Å². The molecular weight excluding hydrogens is 326 g/mol. The standard InChI is InChI=1S/C14H13NO5S2/c16-5-4-15-13(19)11(22-14(15)21)7-9-2-1-3-10(6-9)20-8-12(17)18/h1-3,6-7,16H,4-5,8H2,(H,17,18)/b11-7-. The van der Waals surface area contributed by atoms with Gasteiger partial charge in [-0.15, -0.1) is 0 Å². The van der Waals surface area contributed by atoms with Gasteiger partial charge >= 0.3 is 5.97 Å². The highest BCUT2D eigenvalue weighted by atomic mass is 32.2. The number of aliphatic hydroxyl groups is 1. The SMILES string of the molecule is O=C(O)COc1cccc(/C=C2\SC(=S)N(CCO)C2=O)c1. The summed E-state index contributed by atoms with van der Waals surface area (Å²) in [4.78, 5) is 24.4. The van der Waals surface area contributed by atoms with Crippen LogP contribution in [0, 0.1) is 0 Å². The van der Waals surface area contributed by atoms with Crippen LogP contribution in [0.3, 0.4) is 0 Å². The first-order valence-electron chi connectivity index (χ1n) is 6.32. The Morgan fingerprint density at radius 2 is 2.23 bits per heavy atom. The summed E-state index contributed by atoms with van der Waals surface area (Å²) in [5, 5.41) is 17.5. The maximum atomic E-state index is 12.1. The van der Waals surface area contributed by atoms with E-state index in [2.05, 4.69) is 0 Å². The second-order valence-corrected chi connectivity index (χ2v) is 5.99. The Balaban J connectivity index is 2.16. The molecule has 0 aromatic heterocycles. The number of amides is 1. The van der Waals surface area contributed by atoms with E-state index in [1.807, 2.05) is 0 Å². The molecule has 1 fully saturated rings. The molecule has 0 bridgehead atoms. The lowest BCUT2D eigenvalue weighted by molar-refractivity contribution is -0.139. The number of hydrogen-bond acceptors (Lipinski definition) is 6. The molecule has 1 amide bonds. The Morgan fingerprint density at radius 1 is 1.45 bits per heavy atom. The van der Waals surface area contributed by atoms with Crippen molar-refractivity contribution in [1.29, 1.82) is 0 Å². The van der Waals surface area contributed by atoms with E-state index >= 15 is 0 Å². The van der Waals surface area contributed by atoms with Gasteiger partial charge in [-0.05, 0) is 23.8 Å². The lowest BCUT2D eigenvalue weighted by Crippen LogP contribution is -2.30. The van der Waals surface area contributed by atoms with E-state index in [1.54, 1.807) is 30.3 Å². The summed E-state index contributed by atoms with van der Waals surface area (Å²) in [6.07, 6.45) is 1.66. The number of benzene rings is 1. The van der Waals surface area contributed by atoms with Crippen molar-refractivity contribution in [2.24, 2.45) is 0 Å². The van der Waals surface area contributed by atoms with Crippen molar-refractivity contribution in [1.82, 2.24) is 4.90 Å². The number of carbonyl (C=O) groups is 2. The molecule has 22 heavy (non-hydrogen) atoms. The molecule has 116 valence electrons. The Kier molecular flexibility index (Phi) is 5.53. The van der Waals surface area contributed by atoms with E-state index in [1.165, 1.54) is 4.90 Å². The average molecular weight is 339 g/mol. The van der Waals surface area contributed by atoms with E-state index in [9.17, 15) is 9.59 Å². The van der Waals surface area contributed by atoms with Gasteiger partial charge in [0, 0.05) is 0 Å². The molecule has 1 aromatic carbocycles. The third-order valence-electron chi connectivity index (χ3n) is 2.72. The molecule has 0 radical (unpaired) electrons. The molecule has 1 aliphatic rings. The molecule has 0 unspecified atom stereocenters. The predicted molar refractivity (Wildman–Crippen MR) is 86.5 cm³/mol. The minimum Gasteiger partial charge on any atom is -0.482 e. The fourth-order valence-electron chi connectivity index (χ4n) is 1.78. The van der Waals surface area contributed by atoms with Gasteiger partial charge in [0.05, 0.1) is 18.1 Å². The van der Waals surface area contributed by atoms with Crippen LogP contribution in [0.5, 0.6) is 5.75 Å². The summed E-state index contributed by atoms with van der Waals surface area (Å²) in [6, 6.07) is 6.75. The van der Waals surface area contributed by atoms with Gasteiger partial charge in [-0.25, -0.2) is 4.79 Å². The van der Waals surface area contributed by atoms with Crippen LogP contribution in [0.25, 0.3) is 6.08 Å². The number of carbonyl (C=O) groups excluding carboxylic acids is 1. The highest BCUT2D eigenvalue weighted by molar-refractivity contribution is 8.26. The first-order chi connectivity index (χ1) is 10.5. The van der Waals surface area contributed by atoms with Crippen LogP contribution in [0.2, 0.25) is 0 Å². The van der Waals surface area contributed by atoms with Gasteiger partial charge in [0.15, 0.2) is 6.61 Å². The monoisotopic (exact) mass is 339 g/mol.